The highest BCUT2D eigenvalue weighted by molar-refractivity contribution is 5.20. The van der Waals surface area contributed by atoms with Gasteiger partial charge in [-0.15, -0.1) is 0 Å². The Morgan fingerprint density at radius 3 is 2.83 bits per heavy atom. The molecule has 0 unspecified atom stereocenters. The van der Waals surface area contributed by atoms with Gasteiger partial charge in [0.1, 0.15) is 0 Å². The molecule has 0 bridgehead atoms. The third-order valence-electron chi connectivity index (χ3n) is 2.56. The molecule has 1 fully saturated rings. The van der Waals surface area contributed by atoms with Crippen LogP contribution in [0, 0.1) is 5.41 Å². The second-order valence-corrected chi connectivity index (χ2v) is 4.09. The Morgan fingerprint density at radius 1 is 1.58 bits per heavy atom. The van der Waals surface area contributed by atoms with Crippen LogP contribution in [0.1, 0.15) is 25.5 Å². The first-order chi connectivity index (χ1) is 5.70. The van der Waals surface area contributed by atoms with E-state index in [-0.39, 0.29) is 0 Å². The Bertz CT molecular complexity index is 266. The average Bonchev–Trinajstić information content (AvgIpc) is 2.05. The maximum atomic E-state index is 4.11. The lowest BCUT2D eigenvalue weighted by atomic mass is 9.74. The first-order valence-electron chi connectivity index (χ1n) is 4.33. The van der Waals surface area contributed by atoms with Crippen molar-refractivity contribution in [3.63, 3.8) is 0 Å². The molecule has 64 valence electrons. The van der Waals surface area contributed by atoms with Crippen molar-refractivity contribution >= 4 is 0 Å². The molecule has 0 amide bonds. The summed E-state index contributed by atoms with van der Waals surface area (Å²) in [4.78, 5) is 4.11. The van der Waals surface area contributed by atoms with E-state index in [1.54, 1.807) is 0 Å². The highest BCUT2D eigenvalue weighted by atomic mass is 15.0. The number of rotatable bonds is 1. The Balaban J connectivity index is 2.22. The van der Waals surface area contributed by atoms with Crippen LogP contribution < -0.4 is 5.32 Å². The van der Waals surface area contributed by atoms with Gasteiger partial charge in [0.15, 0.2) is 0 Å². The van der Waals surface area contributed by atoms with Gasteiger partial charge in [0.2, 0.25) is 0 Å². The van der Waals surface area contributed by atoms with Crippen molar-refractivity contribution in [2.24, 2.45) is 5.41 Å². The molecular formula is C10H14N2. The fourth-order valence-electron chi connectivity index (χ4n) is 1.73. The van der Waals surface area contributed by atoms with Crippen molar-refractivity contribution in [1.82, 2.24) is 10.3 Å². The molecule has 1 aliphatic heterocycles. The SMILES string of the molecule is CC1(C)CN[C@H]1c1cccnc1. The van der Waals surface area contributed by atoms with Crippen LogP contribution in [-0.4, -0.2) is 11.5 Å². The molecule has 0 radical (unpaired) electrons. The molecule has 1 aromatic heterocycles. The maximum absolute atomic E-state index is 4.11. The van der Waals surface area contributed by atoms with Crippen LogP contribution in [0.2, 0.25) is 0 Å². The molecule has 1 N–H and O–H groups in total. The number of hydrogen-bond acceptors (Lipinski definition) is 2. The summed E-state index contributed by atoms with van der Waals surface area (Å²) in [5.74, 6) is 0. The molecule has 12 heavy (non-hydrogen) atoms. The standard InChI is InChI=1S/C10H14N2/c1-10(2)7-12-9(10)8-4-3-5-11-6-8/h3-6,9,12H,7H2,1-2H3/t9-/m0/s1. The van der Waals surface area contributed by atoms with Crippen molar-refractivity contribution in [3.8, 4) is 0 Å². The smallest absolute Gasteiger partial charge is 0.0399 e. The summed E-state index contributed by atoms with van der Waals surface area (Å²) in [6, 6.07) is 4.61. The van der Waals surface area contributed by atoms with E-state index in [0.29, 0.717) is 11.5 Å². The summed E-state index contributed by atoms with van der Waals surface area (Å²) in [6.45, 7) is 5.66. The first kappa shape index (κ1) is 7.74. The van der Waals surface area contributed by atoms with E-state index in [2.05, 4.69) is 30.2 Å². The second-order valence-electron chi connectivity index (χ2n) is 4.09. The molecule has 1 aromatic rings. The maximum Gasteiger partial charge on any atom is 0.0399 e. The van der Waals surface area contributed by atoms with Crippen LogP contribution in [0.15, 0.2) is 24.5 Å². The van der Waals surface area contributed by atoms with E-state index in [9.17, 15) is 0 Å². The molecule has 2 heteroatoms. The zero-order chi connectivity index (χ0) is 8.60. The molecule has 0 spiro atoms. The Hall–Kier alpha value is -0.890. The van der Waals surface area contributed by atoms with Gasteiger partial charge >= 0.3 is 0 Å². The van der Waals surface area contributed by atoms with Gasteiger partial charge in [0.05, 0.1) is 0 Å². The second kappa shape index (κ2) is 2.56. The highest BCUT2D eigenvalue weighted by Crippen LogP contribution is 2.39. The number of pyridine rings is 1. The van der Waals surface area contributed by atoms with Gasteiger partial charge in [0.25, 0.3) is 0 Å². The lowest BCUT2D eigenvalue weighted by molar-refractivity contribution is 0.128. The predicted octanol–water partition coefficient (Wildman–Crippen LogP) is 1.75. The van der Waals surface area contributed by atoms with Crippen molar-refractivity contribution in [3.05, 3.63) is 30.1 Å². The summed E-state index contributed by atoms with van der Waals surface area (Å²) >= 11 is 0. The third kappa shape index (κ3) is 1.12. The summed E-state index contributed by atoms with van der Waals surface area (Å²) in [5.41, 5.74) is 1.69. The molecule has 1 atom stereocenters. The fraction of sp³-hybridized carbons (Fsp3) is 0.500. The van der Waals surface area contributed by atoms with E-state index < -0.39 is 0 Å². The number of nitrogens with one attached hydrogen (secondary N) is 1. The highest BCUT2D eigenvalue weighted by Gasteiger charge is 2.38. The van der Waals surface area contributed by atoms with Crippen molar-refractivity contribution in [1.29, 1.82) is 0 Å². The zero-order valence-corrected chi connectivity index (χ0v) is 7.54. The molecule has 0 saturated carbocycles. The minimum absolute atomic E-state index is 0.392. The van der Waals surface area contributed by atoms with Crippen LogP contribution in [0.4, 0.5) is 0 Å². The Morgan fingerprint density at radius 2 is 2.42 bits per heavy atom. The summed E-state index contributed by atoms with van der Waals surface area (Å²) in [7, 11) is 0. The Labute approximate surface area is 73.0 Å². The van der Waals surface area contributed by atoms with E-state index in [1.807, 2.05) is 18.5 Å². The summed E-state index contributed by atoms with van der Waals surface area (Å²) < 4.78 is 0. The van der Waals surface area contributed by atoms with Crippen LogP contribution in [-0.2, 0) is 0 Å². The van der Waals surface area contributed by atoms with E-state index in [4.69, 9.17) is 0 Å². The molecule has 2 rings (SSSR count). The van der Waals surface area contributed by atoms with Crippen molar-refractivity contribution in [2.75, 3.05) is 6.54 Å². The van der Waals surface area contributed by atoms with Crippen LogP contribution in [0.25, 0.3) is 0 Å². The van der Waals surface area contributed by atoms with Crippen LogP contribution in [0.3, 0.4) is 0 Å². The van der Waals surface area contributed by atoms with Crippen molar-refractivity contribution in [2.45, 2.75) is 19.9 Å². The summed E-state index contributed by atoms with van der Waals surface area (Å²) in [5, 5.41) is 3.41. The normalized spacial score (nSPS) is 26.3. The van der Waals surface area contributed by atoms with E-state index >= 15 is 0 Å². The minimum atomic E-state index is 0.392. The summed E-state index contributed by atoms with van der Waals surface area (Å²) in [6.07, 6.45) is 3.76. The molecule has 0 aliphatic carbocycles. The van der Waals surface area contributed by atoms with Crippen LogP contribution in [0.5, 0.6) is 0 Å². The number of hydrogen-bond donors (Lipinski definition) is 1. The molecule has 0 aromatic carbocycles. The van der Waals surface area contributed by atoms with Gasteiger partial charge in [-0.25, -0.2) is 0 Å². The fourth-order valence-corrected chi connectivity index (χ4v) is 1.73. The predicted molar refractivity (Wildman–Crippen MR) is 48.8 cm³/mol. The zero-order valence-electron chi connectivity index (χ0n) is 7.54. The monoisotopic (exact) mass is 162 g/mol. The lowest BCUT2D eigenvalue weighted by Crippen LogP contribution is -2.52. The van der Waals surface area contributed by atoms with Gasteiger partial charge in [-0.2, -0.15) is 0 Å². The third-order valence-corrected chi connectivity index (χ3v) is 2.56. The topological polar surface area (TPSA) is 24.9 Å². The van der Waals surface area contributed by atoms with Gasteiger partial charge in [0, 0.05) is 25.0 Å². The lowest BCUT2D eigenvalue weighted by Gasteiger charge is -2.45. The average molecular weight is 162 g/mol. The van der Waals surface area contributed by atoms with Gasteiger partial charge in [-0.3, -0.25) is 4.98 Å². The number of nitrogens with zero attached hydrogens (tertiary/aromatic N) is 1. The molecule has 2 nitrogen and oxygen atoms in total. The van der Waals surface area contributed by atoms with Gasteiger partial charge in [-0.1, -0.05) is 19.9 Å². The van der Waals surface area contributed by atoms with E-state index in [0.717, 1.165) is 6.54 Å². The molecule has 2 heterocycles. The van der Waals surface area contributed by atoms with Gasteiger partial charge in [-0.05, 0) is 17.0 Å². The quantitative estimate of drug-likeness (QED) is 0.680. The number of aromatic nitrogens is 1. The first-order valence-corrected chi connectivity index (χ1v) is 4.33. The molecule has 1 aliphatic rings. The van der Waals surface area contributed by atoms with E-state index in [1.165, 1.54) is 5.56 Å². The molecule has 1 saturated heterocycles. The van der Waals surface area contributed by atoms with Crippen LogP contribution >= 0.6 is 0 Å². The van der Waals surface area contributed by atoms with Gasteiger partial charge < -0.3 is 5.32 Å². The molecular weight excluding hydrogens is 148 g/mol. The van der Waals surface area contributed by atoms with Crippen molar-refractivity contribution < 1.29 is 0 Å². The minimum Gasteiger partial charge on any atom is -0.309 e. The largest absolute Gasteiger partial charge is 0.309 e. The Kier molecular flexibility index (Phi) is 1.65.